The van der Waals surface area contributed by atoms with Gasteiger partial charge < -0.3 is 24.6 Å². The molecule has 0 radical (unpaired) electrons. The molecule has 0 aromatic carbocycles. The van der Waals surface area contributed by atoms with Crippen LogP contribution in [0.4, 0.5) is 0 Å². The van der Waals surface area contributed by atoms with Crippen LogP contribution >= 0.6 is 0 Å². The zero-order valence-electron chi connectivity index (χ0n) is 10.4. The molecule has 2 unspecified atom stereocenters. The summed E-state index contributed by atoms with van der Waals surface area (Å²) in [6.45, 7) is 3.50. The quantitative estimate of drug-likeness (QED) is 0.649. The van der Waals surface area contributed by atoms with Crippen molar-refractivity contribution in [3.8, 4) is 0 Å². The standard InChI is InChI=1S/C11H21NO5/c1-11(14,3-4-15-2)8-12-10(13)9-7-16-5-6-17-9/h9,14H,3-8H2,1-2H3,(H,12,13). The summed E-state index contributed by atoms with van der Waals surface area (Å²) in [5.41, 5.74) is -0.971. The van der Waals surface area contributed by atoms with Gasteiger partial charge in [0.25, 0.3) is 5.91 Å². The van der Waals surface area contributed by atoms with E-state index in [2.05, 4.69) is 5.32 Å². The van der Waals surface area contributed by atoms with Crippen LogP contribution in [0.2, 0.25) is 0 Å². The zero-order valence-corrected chi connectivity index (χ0v) is 10.4. The van der Waals surface area contributed by atoms with E-state index in [0.717, 1.165) is 0 Å². The van der Waals surface area contributed by atoms with Crippen molar-refractivity contribution in [1.29, 1.82) is 0 Å². The maximum Gasteiger partial charge on any atom is 0.251 e. The van der Waals surface area contributed by atoms with Crippen molar-refractivity contribution in [3.05, 3.63) is 0 Å². The van der Waals surface area contributed by atoms with Gasteiger partial charge in [0.1, 0.15) is 0 Å². The molecule has 0 aliphatic carbocycles. The molecule has 1 rings (SSSR count). The van der Waals surface area contributed by atoms with Gasteiger partial charge in [-0.1, -0.05) is 0 Å². The number of methoxy groups -OCH3 is 1. The third-order valence-electron chi connectivity index (χ3n) is 2.60. The number of rotatable bonds is 6. The van der Waals surface area contributed by atoms with Gasteiger partial charge in [0.2, 0.25) is 0 Å². The number of hydrogen-bond acceptors (Lipinski definition) is 5. The second-order valence-corrected chi connectivity index (χ2v) is 4.39. The van der Waals surface area contributed by atoms with Crippen LogP contribution in [0.3, 0.4) is 0 Å². The minimum Gasteiger partial charge on any atom is -0.388 e. The molecule has 0 saturated carbocycles. The Balaban J connectivity index is 2.26. The average molecular weight is 247 g/mol. The van der Waals surface area contributed by atoms with Gasteiger partial charge in [-0.25, -0.2) is 0 Å². The van der Waals surface area contributed by atoms with Gasteiger partial charge >= 0.3 is 0 Å². The van der Waals surface area contributed by atoms with E-state index in [1.54, 1.807) is 14.0 Å². The Labute approximate surface area is 101 Å². The first-order chi connectivity index (χ1) is 8.05. The van der Waals surface area contributed by atoms with E-state index in [0.29, 0.717) is 26.2 Å². The fourth-order valence-electron chi connectivity index (χ4n) is 1.44. The lowest BCUT2D eigenvalue weighted by Crippen LogP contribution is -2.48. The SMILES string of the molecule is COCCC(C)(O)CNC(=O)C1COCCO1. The Morgan fingerprint density at radius 1 is 1.59 bits per heavy atom. The molecule has 2 N–H and O–H groups in total. The zero-order chi connectivity index (χ0) is 12.7. The van der Waals surface area contributed by atoms with Crippen molar-refractivity contribution in [2.45, 2.75) is 25.0 Å². The maximum atomic E-state index is 11.7. The third-order valence-corrected chi connectivity index (χ3v) is 2.60. The van der Waals surface area contributed by atoms with Crippen molar-refractivity contribution >= 4 is 5.91 Å². The summed E-state index contributed by atoms with van der Waals surface area (Å²) in [5.74, 6) is -0.248. The first kappa shape index (κ1) is 14.4. The topological polar surface area (TPSA) is 77.0 Å². The maximum absolute atomic E-state index is 11.7. The fraction of sp³-hybridized carbons (Fsp3) is 0.909. The number of hydrogen-bond donors (Lipinski definition) is 2. The van der Waals surface area contributed by atoms with E-state index >= 15 is 0 Å². The Morgan fingerprint density at radius 3 is 2.94 bits per heavy atom. The van der Waals surface area contributed by atoms with Crippen molar-refractivity contribution in [1.82, 2.24) is 5.32 Å². The van der Waals surface area contributed by atoms with Gasteiger partial charge in [0, 0.05) is 26.7 Å². The van der Waals surface area contributed by atoms with Crippen LogP contribution in [0.5, 0.6) is 0 Å². The average Bonchev–Trinajstić information content (AvgIpc) is 2.35. The van der Waals surface area contributed by atoms with Crippen molar-refractivity contribution < 1.29 is 24.1 Å². The summed E-state index contributed by atoms with van der Waals surface area (Å²) in [4.78, 5) is 11.7. The molecule has 17 heavy (non-hydrogen) atoms. The van der Waals surface area contributed by atoms with Crippen molar-refractivity contribution in [2.24, 2.45) is 0 Å². The minimum atomic E-state index is -0.971. The predicted molar refractivity (Wildman–Crippen MR) is 60.7 cm³/mol. The molecule has 1 amide bonds. The Morgan fingerprint density at radius 2 is 2.35 bits per heavy atom. The van der Waals surface area contributed by atoms with Gasteiger partial charge in [0.05, 0.1) is 25.4 Å². The Kier molecular flexibility index (Phi) is 5.84. The van der Waals surface area contributed by atoms with Crippen LogP contribution in [0.1, 0.15) is 13.3 Å². The van der Waals surface area contributed by atoms with E-state index in [9.17, 15) is 9.90 Å². The van der Waals surface area contributed by atoms with Crippen LogP contribution in [-0.2, 0) is 19.0 Å². The van der Waals surface area contributed by atoms with E-state index in [4.69, 9.17) is 14.2 Å². The normalized spacial score (nSPS) is 24.1. The molecule has 100 valence electrons. The molecular formula is C11H21NO5. The Bertz CT molecular complexity index is 238. The number of nitrogens with one attached hydrogen (secondary N) is 1. The van der Waals surface area contributed by atoms with E-state index in [-0.39, 0.29) is 19.1 Å². The molecule has 1 saturated heterocycles. The number of ether oxygens (including phenoxy) is 3. The number of carbonyl (C=O) groups excluding carboxylic acids is 1. The molecule has 0 spiro atoms. The first-order valence-corrected chi connectivity index (χ1v) is 5.73. The van der Waals surface area contributed by atoms with Crippen LogP contribution in [0, 0.1) is 0 Å². The molecule has 1 aliphatic heterocycles. The molecule has 1 aliphatic rings. The Hall–Kier alpha value is -0.690. The summed E-state index contributed by atoms with van der Waals surface area (Å²) < 4.78 is 15.3. The third kappa shape index (κ3) is 5.45. The molecule has 1 heterocycles. The highest BCUT2D eigenvalue weighted by molar-refractivity contribution is 5.81. The smallest absolute Gasteiger partial charge is 0.251 e. The molecule has 0 aromatic rings. The summed E-state index contributed by atoms with van der Waals surface area (Å²) in [7, 11) is 1.57. The second kappa shape index (κ2) is 6.90. The van der Waals surface area contributed by atoms with E-state index < -0.39 is 11.7 Å². The number of aliphatic hydroxyl groups is 1. The summed E-state index contributed by atoms with van der Waals surface area (Å²) in [6.07, 6.45) is -0.104. The minimum absolute atomic E-state index is 0.176. The summed E-state index contributed by atoms with van der Waals surface area (Å²) in [5, 5.41) is 12.6. The molecule has 0 bridgehead atoms. The van der Waals surface area contributed by atoms with Gasteiger partial charge in [-0.05, 0) is 6.92 Å². The fourth-order valence-corrected chi connectivity index (χ4v) is 1.44. The van der Waals surface area contributed by atoms with Gasteiger partial charge in [-0.2, -0.15) is 0 Å². The lowest BCUT2D eigenvalue weighted by atomic mass is 10.0. The molecule has 6 heteroatoms. The predicted octanol–water partition coefficient (Wildman–Crippen LogP) is -0.694. The first-order valence-electron chi connectivity index (χ1n) is 5.73. The van der Waals surface area contributed by atoms with Crippen molar-refractivity contribution in [2.75, 3.05) is 40.1 Å². The molecular weight excluding hydrogens is 226 g/mol. The summed E-state index contributed by atoms with van der Waals surface area (Å²) in [6, 6.07) is 0. The second-order valence-electron chi connectivity index (χ2n) is 4.39. The highest BCUT2D eigenvalue weighted by Gasteiger charge is 2.26. The number of carbonyl (C=O) groups is 1. The van der Waals surface area contributed by atoms with E-state index in [1.807, 2.05) is 0 Å². The van der Waals surface area contributed by atoms with Crippen LogP contribution in [-0.4, -0.2) is 62.8 Å². The lowest BCUT2D eigenvalue weighted by molar-refractivity contribution is -0.148. The largest absolute Gasteiger partial charge is 0.388 e. The van der Waals surface area contributed by atoms with Crippen molar-refractivity contribution in [3.63, 3.8) is 0 Å². The summed E-state index contributed by atoms with van der Waals surface area (Å²) >= 11 is 0. The molecule has 2 atom stereocenters. The highest BCUT2D eigenvalue weighted by Crippen LogP contribution is 2.08. The van der Waals surface area contributed by atoms with Gasteiger partial charge in [-0.3, -0.25) is 4.79 Å². The van der Waals surface area contributed by atoms with Crippen LogP contribution < -0.4 is 5.32 Å². The number of amides is 1. The molecule has 1 fully saturated rings. The lowest BCUT2D eigenvalue weighted by Gasteiger charge is -2.26. The van der Waals surface area contributed by atoms with Crippen LogP contribution in [0.15, 0.2) is 0 Å². The van der Waals surface area contributed by atoms with Gasteiger partial charge in [0.15, 0.2) is 6.10 Å². The van der Waals surface area contributed by atoms with Gasteiger partial charge in [-0.15, -0.1) is 0 Å². The monoisotopic (exact) mass is 247 g/mol. The van der Waals surface area contributed by atoms with Crippen LogP contribution in [0.25, 0.3) is 0 Å². The van der Waals surface area contributed by atoms with E-state index in [1.165, 1.54) is 0 Å². The highest BCUT2D eigenvalue weighted by atomic mass is 16.6. The molecule has 0 aromatic heterocycles. The molecule has 6 nitrogen and oxygen atoms in total.